The van der Waals surface area contributed by atoms with Gasteiger partial charge >= 0.3 is 0 Å². The van der Waals surface area contributed by atoms with Crippen molar-refractivity contribution in [3.63, 3.8) is 0 Å². The van der Waals surface area contributed by atoms with Gasteiger partial charge in [0.05, 0.1) is 12.3 Å². The van der Waals surface area contributed by atoms with Crippen LogP contribution in [-0.2, 0) is 4.79 Å². The molecule has 0 radical (unpaired) electrons. The Balaban J connectivity index is 1.83. The van der Waals surface area contributed by atoms with E-state index in [1.807, 2.05) is 19.2 Å². The van der Waals surface area contributed by atoms with E-state index in [0.717, 1.165) is 31.8 Å². The molecule has 1 aromatic heterocycles. The zero-order valence-electron chi connectivity index (χ0n) is 12.2. The molecule has 0 saturated carbocycles. The highest BCUT2D eigenvalue weighted by molar-refractivity contribution is 5.75. The molecular weight excluding hydrogens is 254 g/mol. The maximum atomic E-state index is 11.8. The molecule has 1 atom stereocenters. The largest absolute Gasteiger partial charge is 0.468 e. The highest BCUT2D eigenvalue weighted by atomic mass is 16.3. The van der Waals surface area contributed by atoms with Crippen molar-refractivity contribution >= 4 is 5.91 Å². The van der Waals surface area contributed by atoms with Crippen LogP contribution in [0.4, 0.5) is 0 Å². The van der Waals surface area contributed by atoms with Gasteiger partial charge in [0.25, 0.3) is 0 Å². The average Bonchev–Trinajstić information content (AvgIpc) is 3.12. The van der Waals surface area contributed by atoms with Crippen LogP contribution in [0.1, 0.15) is 37.5 Å². The first-order valence-electron chi connectivity index (χ1n) is 7.50. The fourth-order valence-corrected chi connectivity index (χ4v) is 2.67. The molecule has 0 aromatic carbocycles. The van der Waals surface area contributed by atoms with E-state index in [1.165, 1.54) is 12.8 Å². The summed E-state index contributed by atoms with van der Waals surface area (Å²) in [7, 11) is 1.90. The minimum atomic E-state index is 0.121. The number of carbonyl (C=O) groups excluding carboxylic acids is 1. The van der Waals surface area contributed by atoms with Crippen molar-refractivity contribution in [3.8, 4) is 0 Å². The third kappa shape index (κ3) is 4.35. The highest BCUT2D eigenvalue weighted by Crippen LogP contribution is 2.24. The predicted molar refractivity (Wildman–Crippen MR) is 78.4 cm³/mol. The van der Waals surface area contributed by atoms with Crippen LogP contribution in [-0.4, -0.2) is 44.0 Å². The normalized spacial score (nSPS) is 17.2. The number of hydrogen-bond acceptors (Lipinski definition) is 4. The van der Waals surface area contributed by atoms with Crippen molar-refractivity contribution in [2.24, 2.45) is 0 Å². The number of amides is 1. The lowest BCUT2D eigenvalue weighted by Crippen LogP contribution is -2.36. The van der Waals surface area contributed by atoms with Crippen molar-refractivity contribution in [3.05, 3.63) is 24.2 Å². The summed E-state index contributed by atoms with van der Waals surface area (Å²) in [4.78, 5) is 14.2. The second kappa shape index (κ2) is 8.07. The maximum Gasteiger partial charge on any atom is 0.220 e. The van der Waals surface area contributed by atoms with Crippen molar-refractivity contribution in [1.29, 1.82) is 0 Å². The van der Waals surface area contributed by atoms with Crippen LogP contribution in [0.2, 0.25) is 0 Å². The Bertz CT molecular complexity index is 386. The van der Waals surface area contributed by atoms with E-state index in [4.69, 9.17) is 4.42 Å². The molecule has 2 rings (SSSR count). The lowest BCUT2D eigenvalue weighted by molar-refractivity contribution is -0.121. The van der Waals surface area contributed by atoms with Crippen molar-refractivity contribution in [2.75, 3.05) is 33.2 Å². The summed E-state index contributed by atoms with van der Waals surface area (Å²) in [6.07, 6.45) is 5.61. The van der Waals surface area contributed by atoms with E-state index in [9.17, 15) is 4.79 Å². The van der Waals surface area contributed by atoms with Gasteiger partial charge in [0, 0.05) is 13.0 Å². The van der Waals surface area contributed by atoms with Crippen LogP contribution in [0.3, 0.4) is 0 Å². The average molecular weight is 279 g/mol. The third-order valence-electron chi connectivity index (χ3n) is 3.78. The second-order valence-corrected chi connectivity index (χ2v) is 5.29. The van der Waals surface area contributed by atoms with E-state index >= 15 is 0 Å². The number of carbonyl (C=O) groups is 1. The summed E-state index contributed by atoms with van der Waals surface area (Å²) in [5.74, 6) is 1.07. The van der Waals surface area contributed by atoms with Gasteiger partial charge in [0.2, 0.25) is 5.91 Å². The Morgan fingerprint density at radius 1 is 1.45 bits per heavy atom. The smallest absolute Gasteiger partial charge is 0.220 e. The molecular formula is C15H25N3O2. The molecule has 1 amide bonds. The summed E-state index contributed by atoms with van der Waals surface area (Å²) < 4.78 is 5.54. The fourth-order valence-electron chi connectivity index (χ4n) is 2.67. The molecule has 0 aliphatic carbocycles. The molecule has 1 saturated heterocycles. The van der Waals surface area contributed by atoms with Crippen LogP contribution in [0.25, 0.3) is 0 Å². The van der Waals surface area contributed by atoms with E-state index < -0.39 is 0 Å². The fraction of sp³-hybridized carbons (Fsp3) is 0.667. The minimum Gasteiger partial charge on any atom is -0.468 e. The summed E-state index contributed by atoms with van der Waals surface area (Å²) >= 11 is 0. The van der Waals surface area contributed by atoms with Crippen LogP contribution in [0, 0.1) is 0 Å². The highest BCUT2D eigenvalue weighted by Gasteiger charge is 2.25. The number of nitrogens with one attached hydrogen (secondary N) is 2. The molecule has 1 aromatic rings. The molecule has 112 valence electrons. The van der Waals surface area contributed by atoms with Crippen LogP contribution < -0.4 is 10.6 Å². The number of rotatable bonds is 8. The van der Waals surface area contributed by atoms with E-state index in [2.05, 4.69) is 15.5 Å². The quantitative estimate of drug-likeness (QED) is 0.709. The van der Waals surface area contributed by atoms with Crippen molar-refractivity contribution in [2.45, 2.75) is 31.7 Å². The molecule has 5 heteroatoms. The topological polar surface area (TPSA) is 57.5 Å². The maximum absolute atomic E-state index is 11.8. The first-order chi connectivity index (χ1) is 9.81. The molecule has 2 N–H and O–H groups in total. The van der Waals surface area contributed by atoms with Gasteiger partial charge in [0.15, 0.2) is 0 Å². The molecule has 5 nitrogen and oxygen atoms in total. The van der Waals surface area contributed by atoms with Gasteiger partial charge in [0.1, 0.15) is 5.76 Å². The minimum absolute atomic E-state index is 0.121. The molecule has 0 bridgehead atoms. The second-order valence-electron chi connectivity index (χ2n) is 5.29. The van der Waals surface area contributed by atoms with Crippen molar-refractivity contribution < 1.29 is 9.21 Å². The van der Waals surface area contributed by atoms with E-state index in [1.54, 1.807) is 6.26 Å². The SMILES string of the molecule is CNCCCC(=O)NCC(c1ccco1)N1CCCC1. The van der Waals surface area contributed by atoms with Crippen LogP contribution in [0.15, 0.2) is 22.8 Å². The van der Waals surface area contributed by atoms with Gasteiger partial charge < -0.3 is 15.1 Å². The van der Waals surface area contributed by atoms with Crippen LogP contribution in [0.5, 0.6) is 0 Å². The molecule has 0 spiro atoms. The Kier molecular flexibility index (Phi) is 6.08. The van der Waals surface area contributed by atoms with Crippen molar-refractivity contribution in [1.82, 2.24) is 15.5 Å². The Hall–Kier alpha value is -1.33. The molecule has 1 fully saturated rings. The summed E-state index contributed by atoms with van der Waals surface area (Å²) in [6.45, 7) is 3.68. The lowest BCUT2D eigenvalue weighted by atomic mass is 10.2. The number of furan rings is 1. The third-order valence-corrected chi connectivity index (χ3v) is 3.78. The first kappa shape index (κ1) is 15.1. The first-order valence-corrected chi connectivity index (χ1v) is 7.50. The zero-order chi connectivity index (χ0) is 14.2. The predicted octanol–water partition coefficient (Wildman–Crippen LogP) is 1.53. The van der Waals surface area contributed by atoms with E-state index in [0.29, 0.717) is 13.0 Å². The van der Waals surface area contributed by atoms with Gasteiger partial charge in [-0.05, 0) is 58.1 Å². The van der Waals surface area contributed by atoms with Gasteiger partial charge in [-0.15, -0.1) is 0 Å². The summed E-state index contributed by atoms with van der Waals surface area (Å²) in [5.41, 5.74) is 0. The standard InChI is InChI=1S/C15H25N3O2/c1-16-8-4-7-15(19)17-12-13(14-6-5-11-20-14)18-9-2-3-10-18/h5-6,11,13,16H,2-4,7-10,12H2,1H3,(H,17,19). The van der Waals surface area contributed by atoms with Crippen LogP contribution >= 0.6 is 0 Å². The summed E-state index contributed by atoms with van der Waals surface area (Å²) in [5, 5.41) is 6.09. The lowest BCUT2D eigenvalue weighted by Gasteiger charge is -2.26. The monoisotopic (exact) mass is 279 g/mol. The molecule has 20 heavy (non-hydrogen) atoms. The number of nitrogens with zero attached hydrogens (tertiary/aromatic N) is 1. The Morgan fingerprint density at radius 2 is 2.25 bits per heavy atom. The van der Waals surface area contributed by atoms with E-state index in [-0.39, 0.29) is 11.9 Å². The number of likely N-dealkylation sites (tertiary alicyclic amines) is 1. The Morgan fingerprint density at radius 3 is 2.90 bits per heavy atom. The van der Waals surface area contributed by atoms with Gasteiger partial charge in [-0.25, -0.2) is 0 Å². The molecule has 1 unspecified atom stereocenters. The molecule has 1 aliphatic heterocycles. The van der Waals surface area contributed by atoms with Gasteiger partial charge in [-0.1, -0.05) is 0 Å². The molecule has 1 aliphatic rings. The zero-order valence-corrected chi connectivity index (χ0v) is 12.2. The Labute approximate surface area is 120 Å². The van der Waals surface area contributed by atoms with Gasteiger partial charge in [-0.3, -0.25) is 9.69 Å². The molecule has 2 heterocycles. The summed E-state index contributed by atoms with van der Waals surface area (Å²) in [6, 6.07) is 4.07. The van der Waals surface area contributed by atoms with Gasteiger partial charge in [-0.2, -0.15) is 0 Å². The number of hydrogen-bond donors (Lipinski definition) is 2.